The molecule has 8 nitrogen and oxygen atoms in total. The second-order valence-electron chi connectivity index (χ2n) is 6.43. The number of nitrogens with one attached hydrogen (secondary N) is 1. The predicted octanol–water partition coefficient (Wildman–Crippen LogP) is 3.34. The summed E-state index contributed by atoms with van der Waals surface area (Å²) in [5.41, 5.74) is 3.17. The lowest BCUT2D eigenvalue weighted by atomic mass is 10.1. The van der Waals surface area contributed by atoms with Crippen LogP contribution in [0.3, 0.4) is 0 Å². The maximum absolute atomic E-state index is 13.0. The summed E-state index contributed by atoms with van der Waals surface area (Å²) in [7, 11) is 0. The SMILES string of the molecule is Cc1cc(NC(=O)CCc2ncc(-c3ccc(F)cc3)o2)ccc1-n1cnnn1. The van der Waals surface area contributed by atoms with Crippen molar-refractivity contribution >= 4 is 11.6 Å². The maximum Gasteiger partial charge on any atom is 0.224 e. The number of halogens is 1. The van der Waals surface area contributed by atoms with Crippen molar-refractivity contribution in [1.82, 2.24) is 25.2 Å². The molecule has 0 aliphatic heterocycles. The van der Waals surface area contributed by atoms with Crippen LogP contribution in [0.2, 0.25) is 0 Å². The molecule has 4 rings (SSSR count). The van der Waals surface area contributed by atoms with Gasteiger partial charge in [0.1, 0.15) is 12.1 Å². The number of anilines is 1. The van der Waals surface area contributed by atoms with Crippen molar-refractivity contribution in [2.24, 2.45) is 0 Å². The molecule has 2 heterocycles. The third-order valence-corrected chi connectivity index (χ3v) is 4.32. The number of benzene rings is 2. The van der Waals surface area contributed by atoms with Crippen LogP contribution >= 0.6 is 0 Å². The molecule has 0 unspecified atom stereocenters. The minimum absolute atomic E-state index is 0.152. The largest absolute Gasteiger partial charge is 0.441 e. The van der Waals surface area contributed by atoms with Crippen molar-refractivity contribution in [1.29, 1.82) is 0 Å². The molecule has 9 heteroatoms. The van der Waals surface area contributed by atoms with Crippen LogP contribution in [-0.4, -0.2) is 31.1 Å². The smallest absolute Gasteiger partial charge is 0.224 e. The van der Waals surface area contributed by atoms with Crippen LogP contribution in [0, 0.1) is 12.7 Å². The van der Waals surface area contributed by atoms with Crippen LogP contribution in [0.1, 0.15) is 17.9 Å². The summed E-state index contributed by atoms with van der Waals surface area (Å²) in [5.74, 6) is 0.520. The molecule has 2 aromatic heterocycles. The molecule has 1 amide bonds. The van der Waals surface area contributed by atoms with Gasteiger partial charge in [0.2, 0.25) is 5.91 Å². The normalized spacial score (nSPS) is 10.8. The van der Waals surface area contributed by atoms with Gasteiger partial charge in [-0.25, -0.2) is 14.1 Å². The molecule has 0 saturated heterocycles. The number of aromatic nitrogens is 5. The highest BCUT2D eigenvalue weighted by molar-refractivity contribution is 5.91. The van der Waals surface area contributed by atoms with E-state index < -0.39 is 0 Å². The van der Waals surface area contributed by atoms with Crippen LogP contribution in [-0.2, 0) is 11.2 Å². The summed E-state index contributed by atoms with van der Waals surface area (Å²) in [5, 5.41) is 14.0. The van der Waals surface area contributed by atoms with E-state index in [1.807, 2.05) is 19.1 Å². The molecule has 0 aliphatic rings. The Morgan fingerprint density at radius 1 is 1.21 bits per heavy atom. The third-order valence-electron chi connectivity index (χ3n) is 4.32. The Kier molecular flexibility index (Phi) is 5.10. The number of hydrogen-bond acceptors (Lipinski definition) is 6. The molecular formula is C20H17FN6O2. The van der Waals surface area contributed by atoms with Crippen molar-refractivity contribution in [3.63, 3.8) is 0 Å². The van der Waals surface area contributed by atoms with E-state index in [1.165, 1.54) is 18.5 Å². The van der Waals surface area contributed by atoms with Gasteiger partial charge in [-0.15, -0.1) is 5.10 Å². The van der Waals surface area contributed by atoms with Gasteiger partial charge in [-0.3, -0.25) is 4.79 Å². The first-order chi connectivity index (χ1) is 14.1. The lowest BCUT2D eigenvalue weighted by Crippen LogP contribution is -2.12. The van der Waals surface area contributed by atoms with Crippen LogP contribution < -0.4 is 5.32 Å². The zero-order chi connectivity index (χ0) is 20.2. The van der Waals surface area contributed by atoms with E-state index >= 15 is 0 Å². The van der Waals surface area contributed by atoms with Crippen LogP contribution in [0.5, 0.6) is 0 Å². The van der Waals surface area contributed by atoms with Gasteiger partial charge in [0.05, 0.1) is 11.9 Å². The van der Waals surface area contributed by atoms with Gasteiger partial charge in [-0.2, -0.15) is 0 Å². The Balaban J connectivity index is 1.35. The summed E-state index contributed by atoms with van der Waals surface area (Å²) < 4.78 is 20.2. The number of hydrogen-bond donors (Lipinski definition) is 1. The van der Waals surface area contributed by atoms with Gasteiger partial charge >= 0.3 is 0 Å². The maximum atomic E-state index is 13.0. The summed E-state index contributed by atoms with van der Waals surface area (Å²) in [6.07, 6.45) is 3.66. The Hall–Kier alpha value is -3.88. The zero-order valence-electron chi connectivity index (χ0n) is 15.5. The fourth-order valence-electron chi connectivity index (χ4n) is 2.88. The molecule has 29 heavy (non-hydrogen) atoms. The standard InChI is InChI=1S/C20H17FN6O2/c1-13-10-16(6-7-17(13)27-12-23-25-26-27)24-19(28)8-9-20-22-11-18(29-20)14-2-4-15(21)5-3-14/h2-7,10-12H,8-9H2,1H3,(H,24,28). The number of carbonyl (C=O) groups is 1. The molecule has 0 fully saturated rings. The molecule has 0 atom stereocenters. The molecule has 4 aromatic rings. The first-order valence-corrected chi connectivity index (χ1v) is 8.93. The summed E-state index contributed by atoms with van der Waals surface area (Å²) >= 11 is 0. The number of aryl methyl sites for hydroxylation is 2. The number of rotatable bonds is 6. The van der Waals surface area contributed by atoms with Gasteiger partial charge in [0.25, 0.3) is 0 Å². The number of nitrogens with zero attached hydrogens (tertiary/aromatic N) is 5. The minimum atomic E-state index is -0.314. The van der Waals surface area contributed by atoms with Crippen molar-refractivity contribution in [2.75, 3.05) is 5.32 Å². The second-order valence-corrected chi connectivity index (χ2v) is 6.43. The number of amides is 1. The molecule has 0 aliphatic carbocycles. The van der Waals surface area contributed by atoms with Gasteiger partial charge in [-0.1, -0.05) is 0 Å². The molecule has 0 spiro atoms. The Labute approximate surface area is 165 Å². The van der Waals surface area contributed by atoms with E-state index in [9.17, 15) is 9.18 Å². The second kappa shape index (κ2) is 8.01. The fourth-order valence-corrected chi connectivity index (χ4v) is 2.88. The molecule has 0 radical (unpaired) electrons. The van der Waals surface area contributed by atoms with Crippen LogP contribution in [0.4, 0.5) is 10.1 Å². The number of tetrazole rings is 1. The summed E-state index contributed by atoms with van der Waals surface area (Å²) in [6, 6.07) is 11.4. The van der Waals surface area contributed by atoms with Crippen molar-refractivity contribution in [3.8, 4) is 17.0 Å². The zero-order valence-corrected chi connectivity index (χ0v) is 15.5. The Morgan fingerprint density at radius 3 is 2.76 bits per heavy atom. The minimum Gasteiger partial charge on any atom is -0.441 e. The van der Waals surface area contributed by atoms with Crippen LogP contribution in [0.15, 0.2) is 59.4 Å². The van der Waals surface area contributed by atoms with E-state index in [0.29, 0.717) is 23.8 Å². The average Bonchev–Trinajstić information content (AvgIpc) is 3.39. The van der Waals surface area contributed by atoms with E-state index in [0.717, 1.165) is 16.8 Å². The molecular weight excluding hydrogens is 375 g/mol. The highest BCUT2D eigenvalue weighted by Crippen LogP contribution is 2.22. The first-order valence-electron chi connectivity index (χ1n) is 8.93. The van der Waals surface area contributed by atoms with E-state index in [1.54, 1.807) is 29.1 Å². The molecule has 146 valence electrons. The number of carbonyl (C=O) groups excluding carboxylic acids is 1. The van der Waals surface area contributed by atoms with Gasteiger partial charge in [0, 0.05) is 24.1 Å². The highest BCUT2D eigenvalue weighted by atomic mass is 19.1. The molecule has 0 bridgehead atoms. The quantitative estimate of drug-likeness (QED) is 0.540. The third kappa shape index (κ3) is 4.34. The predicted molar refractivity (Wildman–Crippen MR) is 103 cm³/mol. The van der Waals surface area contributed by atoms with Gasteiger partial charge in [0.15, 0.2) is 11.7 Å². The van der Waals surface area contributed by atoms with Gasteiger partial charge < -0.3 is 9.73 Å². The lowest BCUT2D eigenvalue weighted by molar-refractivity contribution is -0.116. The monoisotopic (exact) mass is 392 g/mol. The van der Waals surface area contributed by atoms with Crippen molar-refractivity contribution < 1.29 is 13.6 Å². The number of oxazole rings is 1. The first kappa shape index (κ1) is 18.5. The highest BCUT2D eigenvalue weighted by Gasteiger charge is 2.10. The van der Waals surface area contributed by atoms with E-state index in [2.05, 4.69) is 25.8 Å². The lowest BCUT2D eigenvalue weighted by Gasteiger charge is -2.09. The Morgan fingerprint density at radius 2 is 2.03 bits per heavy atom. The van der Waals surface area contributed by atoms with Gasteiger partial charge in [-0.05, 0) is 65.4 Å². The summed E-state index contributed by atoms with van der Waals surface area (Å²) in [4.78, 5) is 16.5. The average molecular weight is 392 g/mol. The molecule has 1 N–H and O–H groups in total. The van der Waals surface area contributed by atoms with Crippen LogP contribution in [0.25, 0.3) is 17.0 Å². The molecule has 0 saturated carbocycles. The Bertz CT molecular complexity index is 1120. The fraction of sp³-hybridized carbons (Fsp3) is 0.150. The van der Waals surface area contributed by atoms with E-state index in [-0.39, 0.29) is 18.1 Å². The van der Waals surface area contributed by atoms with Crippen molar-refractivity contribution in [2.45, 2.75) is 19.8 Å². The molecule has 2 aromatic carbocycles. The topological polar surface area (TPSA) is 98.7 Å². The summed E-state index contributed by atoms with van der Waals surface area (Å²) in [6.45, 7) is 1.91. The van der Waals surface area contributed by atoms with Crippen molar-refractivity contribution in [3.05, 3.63) is 72.3 Å². The van der Waals surface area contributed by atoms with E-state index in [4.69, 9.17) is 4.42 Å².